The highest BCUT2D eigenvalue weighted by Gasteiger charge is 2.18. The van der Waals surface area contributed by atoms with Crippen LogP contribution in [0.2, 0.25) is 0 Å². The Labute approximate surface area is 131 Å². The third kappa shape index (κ3) is 1.26. The van der Waals surface area contributed by atoms with Crippen LogP contribution in [0, 0.1) is 13.8 Å². The minimum atomic E-state index is 1.44. The number of fused-ring (bicyclic) bond motifs is 6. The fraction of sp³-hybridized carbons (Fsp3) is 0.125. The molecular formula is C16H10S4. The number of thiophene rings is 4. The van der Waals surface area contributed by atoms with Gasteiger partial charge in [0.1, 0.15) is 0 Å². The van der Waals surface area contributed by atoms with Gasteiger partial charge in [-0.2, -0.15) is 0 Å². The zero-order chi connectivity index (χ0) is 13.4. The first kappa shape index (κ1) is 11.7. The molecule has 1 aromatic carbocycles. The Morgan fingerprint density at radius 2 is 1.15 bits per heavy atom. The van der Waals surface area contributed by atoms with Gasteiger partial charge in [0.25, 0.3) is 0 Å². The standard InChI is InChI=1S/C16H10S4/c1-7-11-13(19-9-3-5-17-15(9)11)8(2)14-12(7)16-10(20-14)4-6-18-16/h3-6H,1-2H3. The summed E-state index contributed by atoms with van der Waals surface area (Å²) in [7, 11) is 0. The second kappa shape index (κ2) is 3.83. The van der Waals surface area contributed by atoms with Gasteiger partial charge >= 0.3 is 0 Å². The fourth-order valence-electron chi connectivity index (χ4n) is 3.09. The van der Waals surface area contributed by atoms with Crippen molar-refractivity contribution in [2.24, 2.45) is 0 Å². The van der Waals surface area contributed by atoms with E-state index in [0.29, 0.717) is 0 Å². The zero-order valence-corrected chi connectivity index (χ0v) is 14.2. The number of hydrogen-bond donors (Lipinski definition) is 0. The second-order valence-electron chi connectivity index (χ2n) is 5.09. The van der Waals surface area contributed by atoms with E-state index in [9.17, 15) is 0 Å². The first-order valence-electron chi connectivity index (χ1n) is 6.44. The van der Waals surface area contributed by atoms with Crippen molar-refractivity contribution in [2.45, 2.75) is 13.8 Å². The lowest BCUT2D eigenvalue weighted by Crippen LogP contribution is -1.80. The van der Waals surface area contributed by atoms with Crippen LogP contribution >= 0.6 is 45.3 Å². The van der Waals surface area contributed by atoms with Gasteiger partial charge in [0.2, 0.25) is 0 Å². The van der Waals surface area contributed by atoms with Crippen LogP contribution in [0.4, 0.5) is 0 Å². The lowest BCUT2D eigenvalue weighted by Gasteiger charge is -2.04. The molecule has 0 aliphatic carbocycles. The predicted molar refractivity (Wildman–Crippen MR) is 97.4 cm³/mol. The zero-order valence-electron chi connectivity index (χ0n) is 10.9. The number of hydrogen-bond acceptors (Lipinski definition) is 4. The number of benzene rings is 1. The molecule has 0 fully saturated rings. The van der Waals surface area contributed by atoms with E-state index < -0.39 is 0 Å². The Balaban J connectivity index is 2.20. The highest BCUT2D eigenvalue weighted by atomic mass is 32.1. The van der Waals surface area contributed by atoms with Gasteiger partial charge in [0.05, 0.1) is 9.40 Å². The molecular weight excluding hydrogens is 320 g/mol. The van der Waals surface area contributed by atoms with Gasteiger partial charge in [0, 0.05) is 29.6 Å². The summed E-state index contributed by atoms with van der Waals surface area (Å²) in [5.41, 5.74) is 2.95. The Morgan fingerprint density at radius 1 is 0.650 bits per heavy atom. The molecule has 5 aromatic rings. The lowest BCUT2D eigenvalue weighted by molar-refractivity contribution is 1.59. The average Bonchev–Trinajstić information content (AvgIpc) is 3.13. The molecule has 0 aliphatic rings. The summed E-state index contributed by atoms with van der Waals surface area (Å²) in [5, 5.41) is 7.43. The molecule has 0 aliphatic heterocycles. The maximum Gasteiger partial charge on any atom is 0.0532 e. The monoisotopic (exact) mass is 330 g/mol. The SMILES string of the molecule is Cc1c2sc3ccsc3c2c(C)c2c1sc1ccsc12. The smallest absolute Gasteiger partial charge is 0.0532 e. The summed E-state index contributed by atoms with van der Waals surface area (Å²) >= 11 is 7.68. The predicted octanol–water partition coefficient (Wildman–Crippen LogP) is 7.16. The quantitative estimate of drug-likeness (QED) is 0.282. The molecule has 0 bridgehead atoms. The van der Waals surface area contributed by atoms with Gasteiger partial charge in [-0.1, -0.05) is 0 Å². The van der Waals surface area contributed by atoms with Gasteiger partial charge in [0.15, 0.2) is 0 Å². The van der Waals surface area contributed by atoms with Gasteiger partial charge < -0.3 is 0 Å². The minimum Gasteiger partial charge on any atom is -0.142 e. The fourth-order valence-corrected chi connectivity index (χ4v) is 8.11. The van der Waals surface area contributed by atoms with E-state index in [-0.39, 0.29) is 0 Å². The molecule has 0 saturated heterocycles. The molecule has 4 heterocycles. The van der Waals surface area contributed by atoms with E-state index in [4.69, 9.17) is 0 Å². The number of rotatable bonds is 0. The van der Waals surface area contributed by atoms with Gasteiger partial charge in [-0.05, 0) is 47.9 Å². The molecule has 0 N–H and O–H groups in total. The molecule has 0 atom stereocenters. The minimum absolute atomic E-state index is 1.44. The molecule has 0 amide bonds. The van der Waals surface area contributed by atoms with Crippen molar-refractivity contribution < 1.29 is 0 Å². The van der Waals surface area contributed by atoms with E-state index in [1.807, 2.05) is 45.3 Å². The van der Waals surface area contributed by atoms with Gasteiger partial charge in [-0.25, -0.2) is 0 Å². The molecule has 0 saturated carbocycles. The van der Waals surface area contributed by atoms with Gasteiger partial charge in [-0.15, -0.1) is 45.3 Å². The Hall–Kier alpha value is -0.940. The third-order valence-corrected chi connectivity index (χ3v) is 8.69. The third-order valence-electron chi connectivity index (χ3n) is 4.02. The van der Waals surface area contributed by atoms with Crippen LogP contribution in [-0.2, 0) is 0 Å². The van der Waals surface area contributed by atoms with Crippen LogP contribution in [0.25, 0.3) is 39.0 Å². The summed E-state index contributed by atoms with van der Waals surface area (Å²) in [4.78, 5) is 0. The normalized spacial score (nSPS) is 12.5. The summed E-state index contributed by atoms with van der Waals surface area (Å²) in [5.74, 6) is 0. The summed E-state index contributed by atoms with van der Waals surface area (Å²) in [6.07, 6.45) is 0. The molecule has 20 heavy (non-hydrogen) atoms. The Bertz CT molecular complexity index is 1030. The largest absolute Gasteiger partial charge is 0.142 e. The molecule has 0 nitrogen and oxygen atoms in total. The van der Waals surface area contributed by atoms with Crippen LogP contribution in [0.15, 0.2) is 22.9 Å². The molecule has 98 valence electrons. The van der Waals surface area contributed by atoms with Crippen molar-refractivity contribution in [1.82, 2.24) is 0 Å². The topological polar surface area (TPSA) is 0 Å². The van der Waals surface area contributed by atoms with E-state index in [1.54, 1.807) is 0 Å². The summed E-state index contributed by atoms with van der Waals surface area (Å²) in [6, 6.07) is 4.52. The van der Waals surface area contributed by atoms with Crippen molar-refractivity contribution in [2.75, 3.05) is 0 Å². The maximum absolute atomic E-state index is 2.31. The van der Waals surface area contributed by atoms with E-state index in [2.05, 4.69) is 36.7 Å². The lowest BCUT2D eigenvalue weighted by atomic mass is 10.0. The van der Waals surface area contributed by atoms with Crippen LogP contribution in [0.3, 0.4) is 0 Å². The molecule has 4 aromatic heterocycles. The van der Waals surface area contributed by atoms with Gasteiger partial charge in [-0.3, -0.25) is 0 Å². The Morgan fingerprint density at radius 3 is 1.65 bits per heavy atom. The number of aryl methyl sites for hydroxylation is 2. The van der Waals surface area contributed by atoms with Crippen LogP contribution in [0.5, 0.6) is 0 Å². The van der Waals surface area contributed by atoms with Crippen LogP contribution in [0.1, 0.15) is 11.1 Å². The molecule has 0 unspecified atom stereocenters. The maximum atomic E-state index is 2.31. The van der Waals surface area contributed by atoms with E-state index in [1.165, 1.54) is 50.1 Å². The van der Waals surface area contributed by atoms with Crippen LogP contribution < -0.4 is 0 Å². The van der Waals surface area contributed by atoms with E-state index in [0.717, 1.165) is 0 Å². The molecule has 0 spiro atoms. The van der Waals surface area contributed by atoms with Crippen molar-refractivity contribution in [3.63, 3.8) is 0 Å². The highest BCUT2D eigenvalue weighted by molar-refractivity contribution is 7.34. The molecule has 4 heteroatoms. The van der Waals surface area contributed by atoms with Crippen molar-refractivity contribution in [3.8, 4) is 0 Å². The van der Waals surface area contributed by atoms with E-state index >= 15 is 0 Å². The molecule has 0 radical (unpaired) electrons. The summed E-state index contributed by atoms with van der Waals surface area (Å²) < 4.78 is 8.82. The highest BCUT2D eigenvalue weighted by Crippen LogP contribution is 2.49. The second-order valence-corrected chi connectivity index (χ2v) is 9.03. The van der Waals surface area contributed by atoms with Crippen LogP contribution in [-0.4, -0.2) is 0 Å². The average molecular weight is 331 g/mol. The molecule has 5 rings (SSSR count). The Kier molecular flexibility index (Phi) is 2.24. The first-order chi connectivity index (χ1) is 9.75. The van der Waals surface area contributed by atoms with Crippen molar-refractivity contribution in [3.05, 3.63) is 34.0 Å². The van der Waals surface area contributed by atoms with Crippen molar-refractivity contribution in [1.29, 1.82) is 0 Å². The summed E-state index contributed by atoms with van der Waals surface area (Å²) in [6.45, 7) is 4.60. The first-order valence-corrected chi connectivity index (χ1v) is 9.83. The van der Waals surface area contributed by atoms with Crippen molar-refractivity contribution >= 4 is 84.3 Å².